The highest BCUT2D eigenvalue weighted by molar-refractivity contribution is 7.09. The number of hydrogen-bond donors (Lipinski definition) is 1. The van der Waals surface area contributed by atoms with Crippen molar-refractivity contribution in [1.29, 1.82) is 0 Å². The van der Waals surface area contributed by atoms with Crippen LogP contribution in [0.4, 0.5) is 0 Å². The number of aryl methyl sites for hydroxylation is 1. The van der Waals surface area contributed by atoms with Crippen LogP contribution >= 0.6 is 11.3 Å². The van der Waals surface area contributed by atoms with Gasteiger partial charge in [-0.25, -0.2) is 4.98 Å². The molecule has 0 radical (unpaired) electrons. The van der Waals surface area contributed by atoms with Crippen LogP contribution in [-0.2, 0) is 17.8 Å². The first-order valence-electron chi connectivity index (χ1n) is 11.6. The number of pyridine rings is 1. The predicted octanol–water partition coefficient (Wildman–Crippen LogP) is 4.56. The summed E-state index contributed by atoms with van der Waals surface area (Å²) in [6.45, 7) is 3.80. The summed E-state index contributed by atoms with van der Waals surface area (Å²) >= 11 is 1.75. The van der Waals surface area contributed by atoms with E-state index in [1.54, 1.807) is 11.3 Å². The Labute approximate surface area is 193 Å². The summed E-state index contributed by atoms with van der Waals surface area (Å²) in [6.07, 6.45) is 8.92. The summed E-state index contributed by atoms with van der Waals surface area (Å²) in [5.41, 5.74) is 3.78. The Bertz CT molecular complexity index is 1030. The van der Waals surface area contributed by atoms with Crippen LogP contribution < -0.4 is 5.32 Å². The van der Waals surface area contributed by atoms with Crippen molar-refractivity contribution in [3.63, 3.8) is 0 Å². The van der Waals surface area contributed by atoms with E-state index in [9.17, 15) is 4.79 Å². The third kappa shape index (κ3) is 4.92. The van der Waals surface area contributed by atoms with Crippen LogP contribution in [0, 0.1) is 11.3 Å². The highest BCUT2D eigenvalue weighted by atomic mass is 32.1. The molecule has 1 amide bonds. The van der Waals surface area contributed by atoms with E-state index in [0.717, 1.165) is 64.0 Å². The molecular weight excluding hydrogens is 416 g/mol. The van der Waals surface area contributed by atoms with Crippen molar-refractivity contribution < 1.29 is 4.79 Å². The number of likely N-dealkylation sites (tertiary alicyclic amines) is 1. The molecule has 0 bridgehead atoms. The van der Waals surface area contributed by atoms with Gasteiger partial charge < -0.3 is 5.32 Å². The van der Waals surface area contributed by atoms with E-state index in [2.05, 4.69) is 44.8 Å². The Hall–Kier alpha value is -2.57. The first kappa shape index (κ1) is 21.3. The number of nitrogens with zero attached hydrogens (tertiary/aromatic N) is 3. The van der Waals surface area contributed by atoms with Gasteiger partial charge >= 0.3 is 0 Å². The minimum atomic E-state index is 0.218. The van der Waals surface area contributed by atoms with E-state index in [1.165, 1.54) is 16.1 Å². The summed E-state index contributed by atoms with van der Waals surface area (Å²) in [4.78, 5) is 24.0. The van der Waals surface area contributed by atoms with E-state index in [4.69, 9.17) is 4.98 Å². The quantitative estimate of drug-likeness (QED) is 0.516. The van der Waals surface area contributed by atoms with Gasteiger partial charge in [-0.3, -0.25) is 14.7 Å². The van der Waals surface area contributed by atoms with Crippen molar-refractivity contribution in [1.82, 2.24) is 20.2 Å². The van der Waals surface area contributed by atoms with Gasteiger partial charge in [-0.1, -0.05) is 30.3 Å². The molecule has 5 rings (SSSR count). The molecular formula is C26H30N4OS. The molecule has 5 nitrogen and oxygen atoms in total. The van der Waals surface area contributed by atoms with Crippen molar-refractivity contribution in [3.8, 4) is 11.3 Å². The molecule has 1 aliphatic carbocycles. The Morgan fingerprint density at radius 1 is 1.12 bits per heavy atom. The molecule has 2 fully saturated rings. The number of benzene rings is 1. The maximum atomic E-state index is 12.7. The van der Waals surface area contributed by atoms with Crippen molar-refractivity contribution in [3.05, 3.63) is 70.8 Å². The lowest BCUT2D eigenvalue weighted by Gasteiger charge is -2.32. The van der Waals surface area contributed by atoms with Gasteiger partial charge in [-0.15, -0.1) is 11.3 Å². The van der Waals surface area contributed by atoms with Crippen LogP contribution in [0.1, 0.15) is 36.3 Å². The monoisotopic (exact) mass is 446 g/mol. The average Bonchev–Trinajstić information content (AvgIpc) is 3.34. The fourth-order valence-electron chi connectivity index (χ4n) is 4.92. The van der Waals surface area contributed by atoms with Crippen LogP contribution in [0.25, 0.3) is 11.3 Å². The van der Waals surface area contributed by atoms with Crippen molar-refractivity contribution in [2.24, 2.45) is 11.3 Å². The average molecular weight is 447 g/mol. The number of piperidine rings is 1. The zero-order chi connectivity index (χ0) is 21.8. The molecule has 32 heavy (non-hydrogen) atoms. The van der Waals surface area contributed by atoms with Crippen molar-refractivity contribution in [2.75, 3.05) is 19.6 Å². The van der Waals surface area contributed by atoms with Crippen LogP contribution in [0.2, 0.25) is 0 Å². The minimum Gasteiger partial charge on any atom is -0.356 e. The lowest BCUT2D eigenvalue weighted by molar-refractivity contribution is -0.123. The van der Waals surface area contributed by atoms with Gasteiger partial charge in [0.15, 0.2) is 0 Å². The Morgan fingerprint density at radius 2 is 1.91 bits per heavy atom. The lowest BCUT2D eigenvalue weighted by Crippen LogP contribution is -2.37. The second-order valence-electron chi connectivity index (χ2n) is 9.14. The number of nitrogens with one attached hydrogen (secondary N) is 1. The molecule has 1 aliphatic heterocycles. The number of carbonyl (C=O) groups excluding carboxylic acids is 1. The number of hydrogen-bond acceptors (Lipinski definition) is 5. The molecule has 6 heteroatoms. The third-order valence-electron chi connectivity index (χ3n) is 7.03. The second kappa shape index (κ2) is 9.51. The maximum Gasteiger partial charge on any atom is 0.223 e. The molecule has 2 aliphatic rings. The first-order valence-corrected chi connectivity index (χ1v) is 12.5. The van der Waals surface area contributed by atoms with Crippen LogP contribution in [-0.4, -0.2) is 40.4 Å². The van der Waals surface area contributed by atoms with Crippen molar-refractivity contribution >= 4 is 17.2 Å². The Morgan fingerprint density at radius 3 is 2.69 bits per heavy atom. The van der Waals surface area contributed by atoms with E-state index < -0.39 is 0 Å². The van der Waals surface area contributed by atoms with Crippen LogP contribution in [0.5, 0.6) is 0 Å². The molecule has 1 saturated heterocycles. The first-order chi connectivity index (χ1) is 15.7. The zero-order valence-electron chi connectivity index (χ0n) is 18.4. The number of rotatable bonds is 8. The molecule has 1 atom stereocenters. The highest BCUT2D eigenvalue weighted by Crippen LogP contribution is 2.59. The Kier molecular flexibility index (Phi) is 6.32. The smallest absolute Gasteiger partial charge is 0.223 e. The van der Waals surface area contributed by atoms with Crippen LogP contribution in [0.3, 0.4) is 0 Å². The van der Waals surface area contributed by atoms with Gasteiger partial charge in [-0.05, 0) is 68.3 Å². The number of thiazole rings is 1. The SMILES string of the molecule is O=C(NCCCc1ccncc1)C1CC12CCN(Cc1nc(-c3ccccc3)cs1)CC2. The lowest BCUT2D eigenvalue weighted by atomic mass is 9.90. The minimum absolute atomic E-state index is 0.218. The molecule has 3 aromatic rings. The topological polar surface area (TPSA) is 58.1 Å². The molecule has 1 spiro atoms. The van der Waals surface area contributed by atoms with E-state index in [1.807, 2.05) is 30.6 Å². The summed E-state index contributed by atoms with van der Waals surface area (Å²) in [5.74, 6) is 0.482. The standard InChI is InChI=1S/C26H30N4OS/c31-25(28-12-4-5-20-8-13-27-14-9-20)22-17-26(22)10-15-30(16-11-26)18-24-29-23(19-32-24)21-6-2-1-3-7-21/h1-3,6-9,13-14,19,22H,4-5,10-12,15-18H2,(H,28,31). The Balaban J connectivity index is 1.04. The fraction of sp³-hybridized carbons (Fsp3) is 0.423. The van der Waals surface area contributed by atoms with E-state index in [-0.39, 0.29) is 17.2 Å². The summed E-state index contributed by atoms with van der Waals surface area (Å²) in [5, 5.41) is 6.52. The fourth-order valence-corrected chi connectivity index (χ4v) is 5.77. The molecule has 2 aromatic heterocycles. The molecule has 3 heterocycles. The summed E-state index contributed by atoms with van der Waals surface area (Å²) in [7, 11) is 0. The zero-order valence-corrected chi connectivity index (χ0v) is 19.2. The van der Waals surface area contributed by atoms with E-state index in [0.29, 0.717) is 0 Å². The summed E-state index contributed by atoms with van der Waals surface area (Å²) in [6, 6.07) is 14.5. The maximum absolute atomic E-state index is 12.7. The number of aromatic nitrogens is 2. The summed E-state index contributed by atoms with van der Waals surface area (Å²) < 4.78 is 0. The molecule has 1 saturated carbocycles. The van der Waals surface area contributed by atoms with Gasteiger partial charge in [0, 0.05) is 35.8 Å². The normalized spacial score (nSPS) is 19.7. The van der Waals surface area contributed by atoms with Crippen molar-refractivity contribution in [2.45, 2.75) is 38.6 Å². The third-order valence-corrected chi connectivity index (χ3v) is 7.86. The number of amides is 1. The van der Waals surface area contributed by atoms with Gasteiger partial charge in [-0.2, -0.15) is 0 Å². The molecule has 1 N–H and O–H groups in total. The highest BCUT2D eigenvalue weighted by Gasteiger charge is 2.58. The molecule has 166 valence electrons. The number of carbonyl (C=O) groups is 1. The predicted molar refractivity (Wildman–Crippen MR) is 128 cm³/mol. The van der Waals surface area contributed by atoms with Gasteiger partial charge in [0.25, 0.3) is 0 Å². The van der Waals surface area contributed by atoms with Gasteiger partial charge in [0.1, 0.15) is 5.01 Å². The largest absolute Gasteiger partial charge is 0.356 e. The molecule has 1 unspecified atom stereocenters. The second-order valence-corrected chi connectivity index (χ2v) is 10.1. The van der Waals surface area contributed by atoms with E-state index >= 15 is 0 Å². The molecule has 1 aromatic carbocycles. The van der Waals surface area contributed by atoms with Gasteiger partial charge in [0.05, 0.1) is 12.2 Å². The van der Waals surface area contributed by atoms with Gasteiger partial charge in [0.2, 0.25) is 5.91 Å². The van der Waals surface area contributed by atoms with Crippen LogP contribution in [0.15, 0.2) is 60.2 Å².